The maximum Gasteiger partial charge on any atom is 0.415 e. The first-order valence-corrected chi connectivity index (χ1v) is 13.6. The van der Waals surface area contributed by atoms with E-state index >= 15 is 0 Å². The molecule has 1 aliphatic rings. The minimum Gasteiger partial charge on any atom is -0.478 e. The van der Waals surface area contributed by atoms with Crippen LogP contribution in [0.4, 0.5) is 4.79 Å². The number of carbonyl (C=O) groups excluding carboxylic acids is 1. The Morgan fingerprint density at radius 3 is 2.38 bits per heavy atom. The molecule has 3 aromatic rings. The molecule has 4 rings (SSSR count). The number of benzene rings is 3. The van der Waals surface area contributed by atoms with Gasteiger partial charge in [0, 0.05) is 28.9 Å². The first-order chi connectivity index (χ1) is 17.6. The Bertz CT molecular complexity index is 1250. The summed E-state index contributed by atoms with van der Waals surface area (Å²) in [5.74, 6) is 0.0417. The molecule has 1 fully saturated rings. The van der Waals surface area contributed by atoms with E-state index in [1.54, 1.807) is 47.0 Å². The van der Waals surface area contributed by atoms with Gasteiger partial charge >= 0.3 is 12.1 Å². The quantitative estimate of drug-likeness (QED) is 0.319. The third-order valence-electron chi connectivity index (χ3n) is 6.55. The van der Waals surface area contributed by atoms with E-state index < -0.39 is 17.7 Å². The van der Waals surface area contributed by atoms with E-state index in [1.807, 2.05) is 24.5 Å². The molecule has 0 unspecified atom stereocenters. The van der Waals surface area contributed by atoms with Gasteiger partial charge in [0.15, 0.2) is 5.60 Å². The lowest BCUT2D eigenvalue weighted by Crippen LogP contribution is -2.37. The second-order valence-corrected chi connectivity index (χ2v) is 11.0. The van der Waals surface area contributed by atoms with Crippen LogP contribution in [0.5, 0.6) is 11.5 Å². The fraction of sp³-hybridized carbons (Fsp3) is 0.310. The van der Waals surface area contributed by atoms with E-state index in [0.29, 0.717) is 29.6 Å². The van der Waals surface area contributed by atoms with Gasteiger partial charge in [0.1, 0.15) is 11.5 Å². The highest BCUT2D eigenvalue weighted by Crippen LogP contribution is 2.37. The Morgan fingerprint density at radius 2 is 1.73 bits per heavy atom. The van der Waals surface area contributed by atoms with Crippen molar-refractivity contribution in [3.05, 3.63) is 88.9 Å². The lowest BCUT2D eigenvalue weighted by Gasteiger charge is -2.23. The van der Waals surface area contributed by atoms with E-state index in [0.717, 1.165) is 12.0 Å². The zero-order valence-corrected chi connectivity index (χ0v) is 22.6. The van der Waals surface area contributed by atoms with Crippen LogP contribution in [0.25, 0.3) is 0 Å². The van der Waals surface area contributed by atoms with Gasteiger partial charge < -0.3 is 19.5 Å². The third-order valence-corrected chi connectivity index (χ3v) is 7.54. The molecule has 1 N–H and O–H groups in total. The Kier molecular flexibility index (Phi) is 8.35. The van der Waals surface area contributed by atoms with E-state index in [2.05, 4.69) is 24.3 Å². The van der Waals surface area contributed by atoms with Crippen molar-refractivity contribution in [3.63, 3.8) is 0 Å². The second-order valence-electron chi connectivity index (χ2n) is 9.64. The van der Waals surface area contributed by atoms with Crippen molar-refractivity contribution in [2.75, 3.05) is 19.3 Å². The van der Waals surface area contributed by atoms with Crippen LogP contribution in [0.3, 0.4) is 0 Å². The average molecular weight is 540 g/mol. The predicted molar refractivity (Wildman–Crippen MR) is 146 cm³/mol. The van der Waals surface area contributed by atoms with Crippen molar-refractivity contribution in [1.82, 2.24) is 4.90 Å². The van der Waals surface area contributed by atoms with Crippen LogP contribution >= 0.6 is 23.4 Å². The third kappa shape index (κ3) is 6.79. The Morgan fingerprint density at radius 1 is 1.03 bits per heavy atom. The zero-order valence-electron chi connectivity index (χ0n) is 21.0. The highest BCUT2D eigenvalue weighted by Gasteiger charge is 2.37. The number of carboxylic acid groups (broad SMARTS) is 1. The van der Waals surface area contributed by atoms with E-state index in [1.165, 1.54) is 24.3 Å². The summed E-state index contributed by atoms with van der Waals surface area (Å²) in [5, 5.41) is 10.0. The lowest BCUT2D eigenvalue weighted by atomic mass is 9.85. The Labute approximate surface area is 226 Å². The van der Waals surface area contributed by atoms with Crippen molar-refractivity contribution in [2.45, 2.75) is 36.7 Å². The van der Waals surface area contributed by atoms with Crippen LogP contribution in [0, 0.1) is 5.92 Å². The summed E-state index contributed by atoms with van der Waals surface area (Å²) in [7, 11) is 0. The molecule has 1 amide bonds. The number of aliphatic carboxylic acids is 1. The van der Waals surface area contributed by atoms with Crippen LogP contribution in [0.15, 0.2) is 77.7 Å². The standard InChI is InChI=1S/C29H30ClNO5S/c1-29(2,27(32)33)36-24-6-4-5-20(16-24)26-18-31(28(34)35-23-11-9-22(30)10-12-23)17-21(26)15-19-7-13-25(37-3)14-8-19/h4-14,16,21,26H,15,17-18H2,1-3H3,(H,32,33)/t21-,26+/m1/s1. The fourth-order valence-electron chi connectivity index (χ4n) is 4.48. The maximum absolute atomic E-state index is 13.1. The number of thioether (sulfide) groups is 1. The molecule has 2 atom stereocenters. The van der Waals surface area contributed by atoms with Crippen molar-refractivity contribution in [3.8, 4) is 11.5 Å². The minimum atomic E-state index is -1.36. The topological polar surface area (TPSA) is 76.1 Å². The zero-order chi connectivity index (χ0) is 26.6. The number of carboxylic acids is 1. The smallest absolute Gasteiger partial charge is 0.415 e. The molecule has 194 valence electrons. The van der Waals surface area contributed by atoms with Crippen molar-refractivity contribution >= 4 is 35.4 Å². The molecule has 37 heavy (non-hydrogen) atoms. The summed E-state index contributed by atoms with van der Waals surface area (Å²) in [6.45, 7) is 4.05. The maximum atomic E-state index is 13.1. The number of nitrogens with zero attached hydrogens (tertiary/aromatic N) is 1. The van der Waals surface area contributed by atoms with Gasteiger partial charge in [-0.3, -0.25) is 0 Å². The van der Waals surface area contributed by atoms with Gasteiger partial charge in [-0.15, -0.1) is 11.8 Å². The fourth-order valence-corrected chi connectivity index (χ4v) is 5.02. The largest absolute Gasteiger partial charge is 0.478 e. The van der Waals surface area contributed by atoms with Gasteiger partial charge in [-0.2, -0.15) is 0 Å². The van der Waals surface area contributed by atoms with Crippen molar-refractivity contribution < 1.29 is 24.2 Å². The van der Waals surface area contributed by atoms with Gasteiger partial charge in [-0.05, 0) is 92.1 Å². The number of ether oxygens (including phenoxy) is 2. The molecule has 0 aromatic heterocycles. The lowest BCUT2D eigenvalue weighted by molar-refractivity contribution is -0.152. The number of hydrogen-bond donors (Lipinski definition) is 1. The molecule has 0 radical (unpaired) electrons. The number of carbonyl (C=O) groups is 2. The van der Waals surface area contributed by atoms with Gasteiger partial charge in [0.05, 0.1) is 0 Å². The van der Waals surface area contributed by atoms with Gasteiger partial charge in [0.2, 0.25) is 0 Å². The van der Waals surface area contributed by atoms with E-state index in [9.17, 15) is 14.7 Å². The number of hydrogen-bond acceptors (Lipinski definition) is 5. The number of likely N-dealkylation sites (tertiary alicyclic amines) is 1. The Hall–Kier alpha value is -3.16. The van der Waals surface area contributed by atoms with Crippen LogP contribution in [-0.2, 0) is 11.2 Å². The Balaban J connectivity index is 1.57. The number of halogens is 1. The molecule has 8 heteroatoms. The normalized spacial score (nSPS) is 17.5. The average Bonchev–Trinajstić information content (AvgIpc) is 3.29. The van der Waals surface area contributed by atoms with Crippen molar-refractivity contribution in [1.29, 1.82) is 0 Å². The molecular weight excluding hydrogens is 510 g/mol. The predicted octanol–water partition coefficient (Wildman–Crippen LogP) is 6.76. The summed E-state index contributed by atoms with van der Waals surface area (Å²) < 4.78 is 11.4. The molecule has 3 aromatic carbocycles. The highest BCUT2D eigenvalue weighted by atomic mass is 35.5. The molecule has 1 saturated heterocycles. The highest BCUT2D eigenvalue weighted by molar-refractivity contribution is 7.98. The first kappa shape index (κ1) is 26.9. The monoisotopic (exact) mass is 539 g/mol. The van der Waals surface area contributed by atoms with Gasteiger partial charge in [-0.25, -0.2) is 9.59 Å². The summed E-state index contributed by atoms with van der Waals surface area (Å²) in [6, 6.07) is 22.7. The van der Waals surface area contributed by atoms with Crippen molar-refractivity contribution in [2.24, 2.45) is 5.92 Å². The summed E-state index contributed by atoms with van der Waals surface area (Å²) in [5.41, 5.74) is 0.826. The number of rotatable bonds is 8. The number of amides is 1. The molecule has 0 aliphatic carbocycles. The molecule has 1 heterocycles. The van der Waals surface area contributed by atoms with E-state index in [-0.39, 0.29) is 11.8 Å². The van der Waals surface area contributed by atoms with Crippen LogP contribution < -0.4 is 9.47 Å². The summed E-state index contributed by atoms with van der Waals surface area (Å²) in [6.07, 6.45) is 2.43. The minimum absolute atomic E-state index is 0.0227. The van der Waals surface area contributed by atoms with E-state index in [4.69, 9.17) is 21.1 Å². The summed E-state index contributed by atoms with van der Waals surface area (Å²) in [4.78, 5) is 27.6. The SMILES string of the molecule is CSc1ccc(C[C@@H]2CN(C(=O)Oc3ccc(Cl)cc3)C[C@H]2c2cccc(OC(C)(C)C(=O)O)c2)cc1. The first-order valence-electron chi connectivity index (χ1n) is 12.0. The van der Waals surface area contributed by atoms with Crippen LogP contribution in [-0.4, -0.2) is 47.0 Å². The van der Waals surface area contributed by atoms with Gasteiger partial charge in [-0.1, -0.05) is 35.9 Å². The van der Waals surface area contributed by atoms with Crippen LogP contribution in [0.1, 0.15) is 30.9 Å². The van der Waals surface area contributed by atoms with Crippen LogP contribution in [0.2, 0.25) is 5.02 Å². The van der Waals surface area contributed by atoms with Gasteiger partial charge in [0.25, 0.3) is 0 Å². The summed E-state index contributed by atoms with van der Waals surface area (Å²) >= 11 is 7.65. The molecule has 0 spiro atoms. The molecule has 0 bridgehead atoms. The second kappa shape index (κ2) is 11.5. The molecule has 0 saturated carbocycles. The molecule has 6 nitrogen and oxygen atoms in total. The molecular formula is C29H30ClNO5S. The molecule has 1 aliphatic heterocycles.